The van der Waals surface area contributed by atoms with Gasteiger partial charge in [0, 0.05) is 50.0 Å². The van der Waals surface area contributed by atoms with E-state index in [4.69, 9.17) is 4.74 Å². The lowest BCUT2D eigenvalue weighted by Crippen LogP contribution is -2.36. The molecule has 1 aliphatic rings. The molecule has 33 heavy (non-hydrogen) atoms. The van der Waals surface area contributed by atoms with Gasteiger partial charge in [0.2, 0.25) is 5.95 Å². The van der Waals surface area contributed by atoms with E-state index in [0.717, 1.165) is 31.6 Å². The van der Waals surface area contributed by atoms with E-state index in [1.165, 1.54) is 5.69 Å². The summed E-state index contributed by atoms with van der Waals surface area (Å²) in [6.07, 6.45) is 5.90. The lowest BCUT2D eigenvalue weighted by atomic mass is 10.1. The Morgan fingerprint density at radius 3 is 2.52 bits per heavy atom. The zero-order chi connectivity index (χ0) is 23.4. The number of anilines is 5. The van der Waals surface area contributed by atoms with Gasteiger partial charge in [-0.15, -0.1) is 0 Å². The zero-order valence-electron chi connectivity index (χ0n) is 19.1. The molecule has 2 N–H and O–H groups in total. The Bertz CT molecular complexity index is 1140. The first kappa shape index (κ1) is 23.3. The van der Waals surface area contributed by atoms with Gasteiger partial charge in [0.05, 0.1) is 10.6 Å². The third-order valence-corrected chi connectivity index (χ3v) is 6.37. The highest BCUT2D eigenvalue weighted by Crippen LogP contribution is 2.26. The number of methoxy groups -OCH3 is 1. The molecule has 1 saturated heterocycles. The second-order valence-electron chi connectivity index (χ2n) is 8.34. The molecule has 0 radical (unpaired) electrons. The quantitative estimate of drug-likeness (QED) is 0.456. The fraction of sp³-hybridized carbons (Fsp3) is 0.375. The summed E-state index contributed by atoms with van der Waals surface area (Å²) in [6, 6.07) is 11.9. The van der Waals surface area contributed by atoms with Crippen LogP contribution in [0.5, 0.6) is 0 Å². The van der Waals surface area contributed by atoms with E-state index in [1.54, 1.807) is 30.1 Å². The highest BCUT2D eigenvalue weighted by molar-refractivity contribution is 9.10. The van der Waals surface area contributed by atoms with Crippen molar-refractivity contribution in [2.45, 2.75) is 38.8 Å². The Morgan fingerprint density at radius 1 is 1.12 bits per heavy atom. The van der Waals surface area contributed by atoms with E-state index in [9.17, 15) is 4.79 Å². The van der Waals surface area contributed by atoms with Crippen LogP contribution in [0.4, 0.5) is 28.8 Å². The Hall–Kier alpha value is -2.91. The van der Waals surface area contributed by atoms with Crippen LogP contribution in [0.15, 0.2) is 58.1 Å². The molecule has 4 rings (SSSR count). The van der Waals surface area contributed by atoms with E-state index >= 15 is 0 Å². The third-order valence-electron chi connectivity index (χ3n) is 5.79. The summed E-state index contributed by atoms with van der Waals surface area (Å²) in [7, 11) is 1.78. The molecule has 3 heterocycles. The SMILES string of the molecule is COC1CCN(c2ccc(Nc3ncc(Br)c(Nc4cccn(C(C)C)c4=O)n3)cc2)CC1. The molecule has 0 saturated carbocycles. The lowest BCUT2D eigenvalue weighted by Gasteiger charge is -2.33. The van der Waals surface area contributed by atoms with Gasteiger partial charge in [0.25, 0.3) is 5.56 Å². The molecule has 0 amide bonds. The molecule has 1 fully saturated rings. The van der Waals surface area contributed by atoms with Crippen molar-refractivity contribution >= 4 is 44.8 Å². The molecule has 174 valence electrons. The van der Waals surface area contributed by atoms with E-state index in [0.29, 0.717) is 28.0 Å². The van der Waals surface area contributed by atoms with Gasteiger partial charge >= 0.3 is 0 Å². The highest BCUT2D eigenvalue weighted by Gasteiger charge is 2.18. The van der Waals surface area contributed by atoms with Crippen molar-refractivity contribution in [3.8, 4) is 0 Å². The number of nitrogens with one attached hydrogen (secondary N) is 2. The molecule has 0 atom stereocenters. The summed E-state index contributed by atoms with van der Waals surface area (Å²) >= 11 is 3.47. The summed E-state index contributed by atoms with van der Waals surface area (Å²) in [5.74, 6) is 0.957. The van der Waals surface area contributed by atoms with Gasteiger partial charge < -0.3 is 24.8 Å². The number of ether oxygens (including phenoxy) is 1. The first-order valence-corrected chi connectivity index (χ1v) is 11.9. The minimum absolute atomic E-state index is 0.0691. The smallest absolute Gasteiger partial charge is 0.274 e. The minimum Gasteiger partial charge on any atom is -0.381 e. The van der Waals surface area contributed by atoms with Crippen LogP contribution in [-0.4, -0.2) is 40.8 Å². The van der Waals surface area contributed by atoms with Crippen LogP contribution in [0, 0.1) is 0 Å². The number of halogens is 1. The van der Waals surface area contributed by atoms with Crippen LogP contribution in [0.3, 0.4) is 0 Å². The largest absolute Gasteiger partial charge is 0.381 e. The van der Waals surface area contributed by atoms with Crippen LogP contribution in [0.2, 0.25) is 0 Å². The molecule has 8 nitrogen and oxygen atoms in total. The number of aromatic nitrogens is 3. The third kappa shape index (κ3) is 5.54. The summed E-state index contributed by atoms with van der Waals surface area (Å²) < 4.78 is 7.81. The predicted octanol–water partition coefficient (Wildman–Crippen LogP) is 5.08. The Labute approximate surface area is 202 Å². The number of nitrogens with zero attached hydrogens (tertiary/aromatic N) is 4. The summed E-state index contributed by atoms with van der Waals surface area (Å²) in [5, 5.41) is 6.38. The molecular formula is C24H29BrN6O2. The maximum Gasteiger partial charge on any atom is 0.274 e. The van der Waals surface area contributed by atoms with Crippen molar-refractivity contribution in [1.82, 2.24) is 14.5 Å². The van der Waals surface area contributed by atoms with Crippen molar-refractivity contribution in [1.29, 1.82) is 0 Å². The normalized spacial score (nSPS) is 14.5. The van der Waals surface area contributed by atoms with Gasteiger partial charge in [0.1, 0.15) is 5.69 Å². The average Bonchev–Trinajstić information content (AvgIpc) is 2.83. The van der Waals surface area contributed by atoms with Crippen molar-refractivity contribution in [2.24, 2.45) is 0 Å². The second kappa shape index (κ2) is 10.4. The average molecular weight is 513 g/mol. The molecule has 3 aromatic rings. The molecule has 9 heteroatoms. The van der Waals surface area contributed by atoms with E-state index < -0.39 is 0 Å². The van der Waals surface area contributed by atoms with Crippen molar-refractivity contribution in [3.05, 3.63) is 63.6 Å². The summed E-state index contributed by atoms with van der Waals surface area (Å²) in [4.78, 5) is 24.0. The van der Waals surface area contributed by atoms with Crippen LogP contribution in [0.1, 0.15) is 32.7 Å². The van der Waals surface area contributed by atoms with Gasteiger partial charge in [0.15, 0.2) is 5.82 Å². The fourth-order valence-corrected chi connectivity index (χ4v) is 4.18. The second-order valence-corrected chi connectivity index (χ2v) is 9.19. The number of pyridine rings is 1. The maximum absolute atomic E-state index is 12.7. The number of hydrogen-bond acceptors (Lipinski definition) is 7. The molecule has 1 aliphatic heterocycles. The highest BCUT2D eigenvalue weighted by atomic mass is 79.9. The first-order valence-electron chi connectivity index (χ1n) is 11.1. The van der Waals surface area contributed by atoms with Crippen LogP contribution in [-0.2, 0) is 4.74 Å². The Morgan fingerprint density at radius 2 is 1.85 bits per heavy atom. The van der Waals surface area contributed by atoms with Gasteiger partial charge in [-0.2, -0.15) is 4.98 Å². The number of rotatable bonds is 7. The molecule has 0 bridgehead atoms. The molecule has 0 aliphatic carbocycles. The van der Waals surface area contributed by atoms with E-state index in [1.807, 2.05) is 32.0 Å². The summed E-state index contributed by atoms with van der Waals surface area (Å²) in [6.45, 7) is 5.93. The molecule has 0 spiro atoms. The first-order chi connectivity index (χ1) is 15.9. The molecule has 2 aromatic heterocycles. The van der Waals surface area contributed by atoms with Crippen molar-refractivity contribution in [3.63, 3.8) is 0 Å². The fourth-order valence-electron chi connectivity index (χ4n) is 3.89. The monoisotopic (exact) mass is 512 g/mol. The van der Waals surface area contributed by atoms with E-state index in [-0.39, 0.29) is 11.6 Å². The number of piperidine rings is 1. The summed E-state index contributed by atoms with van der Waals surface area (Å²) in [5.41, 5.74) is 2.44. The Kier molecular flexibility index (Phi) is 7.29. The minimum atomic E-state index is -0.0994. The number of benzene rings is 1. The zero-order valence-corrected chi connectivity index (χ0v) is 20.7. The standard InChI is InChI=1S/C24H29BrN6O2/c1-16(2)31-12-4-5-21(23(31)32)28-22-20(25)15-26-24(29-22)27-17-6-8-18(9-7-17)30-13-10-19(33-3)11-14-30/h4-9,12,15-16,19H,10-11,13-14H2,1-3H3,(H2,26,27,28,29). The van der Waals surface area contributed by atoms with Gasteiger partial charge in [-0.05, 0) is 79.0 Å². The molecule has 0 unspecified atom stereocenters. The Balaban J connectivity index is 1.46. The van der Waals surface area contributed by atoms with Crippen LogP contribution >= 0.6 is 15.9 Å². The van der Waals surface area contributed by atoms with Gasteiger partial charge in [-0.3, -0.25) is 4.79 Å². The maximum atomic E-state index is 12.7. The molecule has 1 aromatic carbocycles. The van der Waals surface area contributed by atoms with Crippen LogP contribution < -0.4 is 21.1 Å². The predicted molar refractivity (Wildman–Crippen MR) is 136 cm³/mol. The number of hydrogen-bond donors (Lipinski definition) is 2. The van der Waals surface area contributed by atoms with Gasteiger partial charge in [-0.25, -0.2) is 4.98 Å². The van der Waals surface area contributed by atoms with Crippen LogP contribution in [0.25, 0.3) is 0 Å². The van der Waals surface area contributed by atoms with Crippen molar-refractivity contribution < 1.29 is 4.74 Å². The molecular weight excluding hydrogens is 484 g/mol. The van der Waals surface area contributed by atoms with E-state index in [2.05, 4.69) is 53.6 Å². The van der Waals surface area contributed by atoms with Crippen molar-refractivity contribution in [2.75, 3.05) is 35.7 Å². The lowest BCUT2D eigenvalue weighted by molar-refractivity contribution is 0.0819. The topological polar surface area (TPSA) is 84.3 Å². The van der Waals surface area contributed by atoms with Gasteiger partial charge in [-0.1, -0.05) is 0 Å².